The highest BCUT2D eigenvalue weighted by atomic mass is 35.5. The molecule has 1 aliphatic heterocycles. The van der Waals surface area contributed by atoms with Crippen molar-refractivity contribution in [3.05, 3.63) is 23.2 Å². The number of hydrogen-bond donors (Lipinski definition) is 1. The van der Waals surface area contributed by atoms with Gasteiger partial charge in [-0.05, 0) is 24.6 Å². The van der Waals surface area contributed by atoms with E-state index in [2.05, 4.69) is 5.32 Å². The molecule has 1 fully saturated rings. The number of anilines is 2. The molecule has 1 heterocycles. The maximum absolute atomic E-state index is 11.7. The second kappa shape index (κ2) is 4.14. The molecule has 4 nitrogen and oxygen atoms in total. The molecule has 2 rings (SSSR count). The normalized spacial score (nSPS) is 18.8. The maximum Gasteiger partial charge on any atom is 0.235 e. The number of halogens is 1. The lowest BCUT2D eigenvalue weighted by molar-refractivity contribution is 0.599. The first kappa shape index (κ1) is 11.5. The average Bonchev–Trinajstić information content (AvgIpc) is 2.59. The van der Waals surface area contributed by atoms with E-state index in [1.165, 1.54) is 4.31 Å². The van der Waals surface area contributed by atoms with Gasteiger partial charge in [-0.1, -0.05) is 11.6 Å². The summed E-state index contributed by atoms with van der Waals surface area (Å²) in [5.74, 6) is 0.227. The van der Waals surface area contributed by atoms with Crippen LogP contribution < -0.4 is 9.62 Å². The number of nitrogens with one attached hydrogen (secondary N) is 1. The summed E-state index contributed by atoms with van der Waals surface area (Å²) in [7, 11) is -1.36. The van der Waals surface area contributed by atoms with E-state index in [1.54, 1.807) is 25.2 Å². The van der Waals surface area contributed by atoms with Gasteiger partial charge in [-0.25, -0.2) is 8.42 Å². The van der Waals surface area contributed by atoms with Crippen molar-refractivity contribution in [1.82, 2.24) is 0 Å². The fourth-order valence-corrected chi connectivity index (χ4v) is 3.56. The Morgan fingerprint density at radius 1 is 1.44 bits per heavy atom. The smallest absolute Gasteiger partial charge is 0.235 e. The molecule has 88 valence electrons. The van der Waals surface area contributed by atoms with Gasteiger partial charge in [-0.2, -0.15) is 0 Å². The van der Waals surface area contributed by atoms with Gasteiger partial charge in [0.15, 0.2) is 0 Å². The van der Waals surface area contributed by atoms with Crippen LogP contribution in [0.3, 0.4) is 0 Å². The van der Waals surface area contributed by atoms with Gasteiger partial charge in [0, 0.05) is 13.6 Å². The lowest BCUT2D eigenvalue weighted by Gasteiger charge is -2.18. The highest BCUT2D eigenvalue weighted by Crippen LogP contribution is 2.30. The van der Waals surface area contributed by atoms with Crippen LogP contribution in [0.25, 0.3) is 0 Å². The SMILES string of the molecule is CNc1cc(N2CCCS2(=O)=O)ccc1Cl. The first-order valence-corrected chi connectivity index (χ1v) is 7.01. The predicted molar refractivity (Wildman–Crippen MR) is 66.7 cm³/mol. The first-order valence-electron chi connectivity index (χ1n) is 5.02. The molecule has 0 aromatic heterocycles. The van der Waals surface area contributed by atoms with Crippen LogP contribution in [0.2, 0.25) is 5.02 Å². The Morgan fingerprint density at radius 2 is 2.19 bits per heavy atom. The van der Waals surface area contributed by atoms with Crippen molar-refractivity contribution < 1.29 is 8.42 Å². The Hall–Kier alpha value is -0.940. The minimum Gasteiger partial charge on any atom is -0.387 e. The van der Waals surface area contributed by atoms with Crippen molar-refractivity contribution in [2.75, 3.05) is 29.0 Å². The summed E-state index contributed by atoms with van der Waals surface area (Å²) >= 11 is 5.94. The monoisotopic (exact) mass is 260 g/mol. The molecular formula is C10H13ClN2O2S. The first-order chi connectivity index (χ1) is 7.54. The lowest BCUT2D eigenvalue weighted by Crippen LogP contribution is -2.25. The Morgan fingerprint density at radius 3 is 2.75 bits per heavy atom. The largest absolute Gasteiger partial charge is 0.387 e. The zero-order valence-corrected chi connectivity index (χ0v) is 10.5. The van der Waals surface area contributed by atoms with Crippen LogP contribution >= 0.6 is 11.6 Å². The third kappa shape index (κ3) is 1.97. The molecule has 1 aliphatic rings. The Balaban J connectivity index is 2.41. The van der Waals surface area contributed by atoms with E-state index in [1.807, 2.05) is 0 Å². The van der Waals surface area contributed by atoms with Gasteiger partial charge < -0.3 is 5.32 Å². The van der Waals surface area contributed by atoms with Gasteiger partial charge in [0.05, 0.1) is 22.2 Å². The topological polar surface area (TPSA) is 49.4 Å². The number of nitrogens with zero attached hydrogens (tertiary/aromatic N) is 1. The highest BCUT2D eigenvalue weighted by molar-refractivity contribution is 7.93. The van der Waals surface area contributed by atoms with Crippen molar-refractivity contribution in [2.45, 2.75) is 6.42 Å². The van der Waals surface area contributed by atoms with Crippen molar-refractivity contribution in [3.63, 3.8) is 0 Å². The lowest BCUT2D eigenvalue weighted by atomic mass is 10.2. The molecule has 0 bridgehead atoms. The zero-order valence-electron chi connectivity index (χ0n) is 8.90. The molecule has 1 saturated heterocycles. The van der Waals surface area contributed by atoms with Gasteiger partial charge in [-0.15, -0.1) is 0 Å². The Labute approximate surface area is 100 Å². The predicted octanol–water partition coefficient (Wildman–Crippen LogP) is 1.92. The van der Waals surface area contributed by atoms with Gasteiger partial charge in [0.25, 0.3) is 0 Å². The number of benzene rings is 1. The maximum atomic E-state index is 11.7. The van der Waals surface area contributed by atoms with E-state index in [4.69, 9.17) is 11.6 Å². The third-order valence-corrected chi connectivity index (χ3v) is 4.81. The molecule has 6 heteroatoms. The summed E-state index contributed by atoms with van der Waals surface area (Å²) in [6, 6.07) is 5.19. The summed E-state index contributed by atoms with van der Waals surface area (Å²) in [6.07, 6.45) is 0.680. The zero-order chi connectivity index (χ0) is 11.8. The Bertz CT molecular complexity index is 502. The minimum absolute atomic E-state index is 0.227. The molecule has 0 unspecified atom stereocenters. The molecule has 1 aromatic rings. The fourth-order valence-electron chi connectivity index (χ4n) is 1.79. The average molecular weight is 261 g/mol. The molecule has 0 atom stereocenters. The van der Waals surface area contributed by atoms with E-state index < -0.39 is 10.0 Å². The summed E-state index contributed by atoms with van der Waals surface area (Å²) in [5, 5.41) is 3.52. The molecular weight excluding hydrogens is 248 g/mol. The second-order valence-electron chi connectivity index (χ2n) is 3.66. The van der Waals surface area contributed by atoms with Crippen LogP contribution in [0.5, 0.6) is 0 Å². The fraction of sp³-hybridized carbons (Fsp3) is 0.400. The number of sulfonamides is 1. The van der Waals surface area contributed by atoms with E-state index >= 15 is 0 Å². The number of rotatable bonds is 2. The molecule has 0 aliphatic carbocycles. The van der Waals surface area contributed by atoms with E-state index in [0.29, 0.717) is 23.7 Å². The third-order valence-electron chi connectivity index (χ3n) is 2.61. The van der Waals surface area contributed by atoms with Crippen molar-refractivity contribution in [2.24, 2.45) is 0 Å². The molecule has 0 amide bonds. The molecule has 1 N–H and O–H groups in total. The van der Waals surface area contributed by atoms with Crippen LogP contribution in [0.15, 0.2) is 18.2 Å². The Kier molecular flexibility index (Phi) is 2.99. The molecule has 0 spiro atoms. The standard InChI is InChI=1S/C10H13ClN2O2S/c1-12-10-7-8(3-4-9(10)11)13-5-2-6-16(13,14)15/h3-4,7,12H,2,5-6H2,1H3. The summed E-state index contributed by atoms with van der Waals surface area (Å²) in [5.41, 5.74) is 1.41. The molecule has 0 radical (unpaired) electrons. The van der Waals surface area contributed by atoms with Gasteiger partial charge >= 0.3 is 0 Å². The van der Waals surface area contributed by atoms with Crippen molar-refractivity contribution in [1.29, 1.82) is 0 Å². The van der Waals surface area contributed by atoms with Crippen molar-refractivity contribution in [3.8, 4) is 0 Å². The minimum atomic E-state index is -3.12. The van der Waals surface area contributed by atoms with E-state index in [-0.39, 0.29) is 5.75 Å². The van der Waals surface area contributed by atoms with Crippen LogP contribution in [0.4, 0.5) is 11.4 Å². The van der Waals surface area contributed by atoms with Gasteiger partial charge in [-0.3, -0.25) is 4.31 Å². The molecule has 1 aromatic carbocycles. The van der Waals surface area contributed by atoms with Crippen LogP contribution in [0.1, 0.15) is 6.42 Å². The van der Waals surface area contributed by atoms with Gasteiger partial charge in [0.2, 0.25) is 10.0 Å². The molecule has 0 saturated carbocycles. The van der Waals surface area contributed by atoms with Crippen LogP contribution in [0, 0.1) is 0 Å². The van der Waals surface area contributed by atoms with E-state index in [9.17, 15) is 8.42 Å². The van der Waals surface area contributed by atoms with Crippen LogP contribution in [-0.2, 0) is 10.0 Å². The molecule has 16 heavy (non-hydrogen) atoms. The van der Waals surface area contributed by atoms with E-state index in [0.717, 1.165) is 5.69 Å². The quantitative estimate of drug-likeness (QED) is 0.884. The highest BCUT2D eigenvalue weighted by Gasteiger charge is 2.28. The summed E-state index contributed by atoms with van der Waals surface area (Å²) in [4.78, 5) is 0. The second-order valence-corrected chi connectivity index (χ2v) is 6.08. The number of hydrogen-bond acceptors (Lipinski definition) is 3. The van der Waals surface area contributed by atoms with Crippen LogP contribution in [-0.4, -0.2) is 27.8 Å². The van der Waals surface area contributed by atoms with Crippen molar-refractivity contribution >= 4 is 33.0 Å². The summed E-state index contributed by atoms with van der Waals surface area (Å²) < 4.78 is 24.9. The van der Waals surface area contributed by atoms with Gasteiger partial charge in [0.1, 0.15) is 0 Å². The summed E-state index contributed by atoms with van der Waals surface area (Å²) in [6.45, 7) is 0.549.